The molecule has 2 amide bonds. The van der Waals surface area contributed by atoms with E-state index in [0.717, 1.165) is 41.6 Å². The standard InChI is InChI=1S/C29H32N6O3/c1-29(2,3)38-28(37)33-21-12-8-14-35(18-21)25-22(19-9-5-4-6-10-19)16-31-26-24(25)23(17-32-26)34-27(36)20-11-7-13-30-15-20/h4-7,9-11,13,15-17,21H,8,12,14,18H2,1-3H3,(H,31,32)(H,33,37)(H,34,36). The van der Waals surface area contributed by atoms with Crippen LogP contribution in [-0.2, 0) is 4.74 Å². The molecule has 38 heavy (non-hydrogen) atoms. The normalized spacial score (nSPS) is 15.8. The van der Waals surface area contributed by atoms with Gasteiger partial charge in [0.2, 0.25) is 0 Å². The highest BCUT2D eigenvalue weighted by molar-refractivity contribution is 6.13. The number of hydrogen-bond donors (Lipinski definition) is 3. The molecule has 9 nitrogen and oxygen atoms in total. The number of benzene rings is 1. The third-order valence-electron chi connectivity index (χ3n) is 6.39. The highest BCUT2D eigenvalue weighted by Gasteiger charge is 2.28. The number of carbonyl (C=O) groups excluding carboxylic acids is 2. The summed E-state index contributed by atoms with van der Waals surface area (Å²) in [6.07, 6.45) is 8.12. The van der Waals surface area contributed by atoms with Crippen LogP contribution in [-0.4, -0.2) is 51.7 Å². The van der Waals surface area contributed by atoms with Crippen LogP contribution in [0.4, 0.5) is 16.2 Å². The number of alkyl carbamates (subject to hydrolysis) is 1. The summed E-state index contributed by atoms with van der Waals surface area (Å²) in [5.41, 5.74) is 4.13. The number of H-pyrrole nitrogens is 1. The summed E-state index contributed by atoms with van der Waals surface area (Å²) in [5.74, 6) is -0.252. The quantitative estimate of drug-likeness (QED) is 0.331. The van der Waals surface area contributed by atoms with Crippen molar-refractivity contribution >= 4 is 34.4 Å². The fourth-order valence-electron chi connectivity index (χ4n) is 4.80. The van der Waals surface area contributed by atoms with E-state index in [9.17, 15) is 9.59 Å². The first-order valence-corrected chi connectivity index (χ1v) is 12.8. The minimum absolute atomic E-state index is 0.0854. The van der Waals surface area contributed by atoms with Crippen LogP contribution >= 0.6 is 0 Å². The number of anilines is 2. The summed E-state index contributed by atoms with van der Waals surface area (Å²) in [5, 5.41) is 6.90. The number of fused-ring (bicyclic) bond motifs is 1. The Labute approximate surface area is 221 Å². The second kappa shape index (κ2) is 10.5. The Hall–Kier alpha value is -4.40. The van der Waals surface area contributed by atoms with Gasteiger partial charge in [-0.05, 0) is 51.3 Å². The average molecular weight is 513 g/mol. The maximum atomic E-state index is 13.0. The van der Waals surface area contributed by atoms with Crippen LogP contribution in [0.2, 0.25) is 0 Å². The van der Waals surface area contributed by atoms with E-state index >= 15 is 0 Å². The molecule has 3 aromatic heterocycles. The second-order valence-corrected chi connectivity index (χ2v) is 10.4. The van der Waals surface area contributed by atoms with Crippen molar-refractivity contribution in [3.05, 3.63) is 72.8 Å². The predicted octanol–water partition coefficient (Wildman–Crippen LogP) is 5.37. The fraction of sp³-hybridized carbons (Fsp3) is 0.310. The van der Waals surface area contributed by atoms with E-state index in [2.05, 4.69) is 30.5 Å². The molecular formula is C29H32N6O3. The number of nitrogens with one attached hydrogen (secondary N) is 3. The van der Waals surface area contributed by atoms with Crippen molar-refractivity contribution in [1.29, 1.82) is 0 Å². The first kappa shape index (κ1) is 25.3. The third-order valence-corrected chi connectivity index (χ3v) is 6.39. The van der Waals surface area contributed by atoms with Crippen LogP contribution < -0.4 is 15.5 Å². The van der Waals surface area contributed by atoms with Crippen LogP contribution in [0.25, 0.3) is 22.2 Å². The number of carbonyl (C=O) groups is 2. The van der Waals surface area contributed by atoms with Gasteiger partial charge in [-0.2, -0.15) is 0 Å². The molecule has 0 saturated carbocycles. The van der Waals surface area contributed by atoms with Gasteiger partial charge in [0.05, 0.1) is 22.3 Å². The molecule has 4 heterocycles. The third kappa shape index (κ3) is 5.61. The molecule has 4 aromatic rings. The molecule has 1 aliphatic rings. The minimum atomic E-state index is -0.567. The fourth-order valence-corrected chi connectivity index (χ4v) is 4.80. The van der Waals surface area contributed by atoms with E-state index in [1.165, 1.54) is 6.20 Å². The number of ether oxygens (including phenoxy) is 1. The summed E-state index contributed by atoms with van der Waals surface area (Å²) in [7, 11) is 0. The van der Waals surface area contributed by atoms with E-state index in [1.54, 1.807) is 24.5 Å². The molecule has 3 N–H and O–H groups in total. The zero-order valence-electron chi connectivity index (χ0n) is 21.8. The van der Waals surface area contributed by atoms with Gasteiger partial charge in [-0.1, -0.05) is 30.3 Å². The molecule has 1 aromatic carbocycles. The van der Waals surface area contributed by atoms with Gasteiger partial charge in [-0.3, -0.25) is 9.78 Å². The summed E-state index contributed by atoms with van der Waals surface area (Å²) in [6, 6.07) is 13.4. The Morgan fingerprint density at radius 2 is 1.92 bits per heavy atom. The summed E-state index contributed by atoms with van der Waals surface area (Å²) in [6.45, 7) is 6.96. The predicted molar refractivity (Wildman–Crippen MR) is 148 cm³/mol. The van der Waals surface area contributed by atoms with E-state index < -0.39 is 11.7 Å². The minimum Gasteiger partial charge on any atom is -0.444 e. The number of aromatic amines is 1. The first-order chi connectivity index (χ1) is 18.3. The number of rotatable bonds is 5. The van der Waals surface area contributed by atoms with Crippen molar-refractivity contribution in [2.24, 2.45) is 0 Å². The van der Waals surface area contributed by atoms with Gasteiger partial charge >= 0.3 is 6.09 Å². The molecule has 1 saturated heterocycles. The number of pyridine rings is 2. The Morgan fingerprint density at radius 1 is 1.11 bits per heavy atom. The van der Waals surface area contributed by atoms with E-state index in [-0.39, 0.29) is 11.9 Å². The molecule has 5 rings (SSSR count). The first-order valence-electron chi connectivity index (χ1n) is 12.8. The lowest BCUT2D eigenvalue weighted by molar-refractivity contribution is 0.0500. The largest absolute Gasteiger partial charge is 0.444 e. The molecule has 1 unspecified atom stereocenters. The van der Waals surface area contributed by atoms with Crippen LogP contribution in [0.3, 0.4) is 0 Å². The van der Waals surface area contributed by atoms with Crippen molar-refractivity contribution in [3.8, 4) is 11.1 Å². The molecular weight excluding hydrogens is 480 g/mol. The molecule has 0 spiro atoms. The van der Waals surface area contributed by atoms with Gasteiger partial charge in [0, 0.05) is 49.5 Å². The number of hydrogen-bond acceptors (Lipinski definition) is 6. The molecule has 1 fully saturated rings. The lowest BCUT2D eigenvalue weighted by Crippen LogP contribution is -2.49. The number of amides is 2. The van der Waals surface area contributed by atoms with Crippen LogP contribution in [0.5, 0.6) is 0 Å². The van der Waals surface area contributed by atoms with Crippen LogP contribution in [0, 0.1) is 0 Å². The van der Waals surface area contributed by atoms with Crippen molar-refractivity contribution in [1.82, 2.24) is 20.3 Å². The van der Waals surface area contributed by atoms with Crippen molar-refractivity contribution < 1.29 is 14.3 Å². The molecule has 1 atom stereocenters. The Kier molecular flexibility index (Phi) is 7.00. The van der Waals surface area contributed by atoms with Crippen LogP contribution in [0.15, 0.2) is 67.3 Å². The molecule has 196 valence electrons. The average Bonchev–Trinajstić information content (AvgIpc) is 3.31. The van der Waals surface area contributed by atoms with Gasteiger partial charge in [0.1, 0.15) is 11.2 Å². The molecule has 0 bridgehead atoms. The SMILES string of the molecule is CC(C)(C)OC(=O)NC1CCCN(c2c(-c3ccccc3)cnc3[nH]cc(NC(=O)c4cccnc4)c23)C1. The topological polar surface area (TPSA) is 112 Å². The Morgan fingerprint density at radius 3 is 2.66 bits per heavy atom. The second-order valence-electron chi connectivity index (χ2n) is 10.4. The van der Waals surface area contributed by atoms with Gasteiger partial charge in [0.15, 0.2) is 0 Å². The highest BCUT2D eigenvalue weighted by Crippen LogP contribution is 2.41. The maximum absolute atomic E-state index is 13.0. The number of nitrogens with zero attached hydrogens (tertiary/aromatic N) is 3. The van der Waals surface area contributed by atoms with E-state index in [1.807, 2.05) is 57.3 Å². The number of piperidine rings is 1. The van der Waals surface area contributed by atoms with Crippen molar-refractivity contribution in [2.45, 2.75) is 45.3 Å². The molecule has 0 radical (unpaired) electrons. The summed E-state index contributed by atoms with van der Waals surface area (Å²) in [4.78, 5) is 39.8. The van der Waals surface area contributed by atoms with E-state index in [0.29, 0.717) is 23.4 Å². The van der Waals surface area contributed by atoms with Gasteiger partial charge in [-0.15, -0.1) is 0 Å². The monoisotopic (exact) mass is 512 g/mol. The van der Waals surface area contributed by atoms with Gasteiger partial charge in [-0.25, -0.2) is 9.78 Å². The zero-order valence-corrected chi connectivity index (χ0v) is 21.8. The van der Waals surface area contributed by atoms with Crippen molar-refractivity contribution in [3.63, 3.8) is 0 Å². The Bertz CT molecular complexity index is 1430. The lowest BCUT2D eigenvalue weighted by atomic mass is 9.99. The van der Waals surface area contributed by atoms with Crippen LogP contribution in [0.1, 0.15) is 44.0 Å². The van der Waals surface area contributed by atoms with E-state index in [4.69, 9.17) is 4.74 Å². The smallest absolute Gasteiger partial charge is 0.407 e. The van der Waals surface area contributed by atoms with Gasteiger partial charge < -0.3 is 25.3 Å². The Balaban J connectivity index is 1.53. The maximum Gasteiger partial charge on any atom is 0.407 e. The molecule has 1 aliphatic heterocycles. The summed E-state index contributed by atoms with van der Waals surface area (Å²) < 4.78 is 5.50. The summed E-state index contributed by atoms with van der Waals surface area (Å²) >= 11 is 0. The zero-order chi connectivity index (χ0) is 26.7. The van der Waals surface area contributed by atoms with Crippen molar-refractivity contribution in [2.75, 3.05) is 23.3 Å². The molecule has 9 heteroatoms. The number of aromatic nitrogens is 3. The van der Waals surface area contributed by atoms with Gasteiger partial charge in [0.25, 0.3) is 5.91 Å². The lowest BCUT2D eigenvalue weighted by Gasteiger charge is -2.36. The molecule has 0 aliphatic carbocycles. The highest BCUT2D eigenvalue weighted by atomic mass is 16.6.